The number of nitrogens with zero attached hydrogens (tertiary/aromatic N) is 4. The van der Waals surface area contributed by atoms with Gasteiger partial charge < -0.3 is 115 Å². The summed E-state index contributed by atoms with van der Waals surface area (Å²) in [5.41, 5.74) is 52.5. The number of hydrogen-bond donors (Lipinski definition) is 20. The van der Waals surface area contributed by atoms with Crippen molar-refractivity contribution in [3.63, 3.8) is 0 Å². The molecule has 2 aromatic carbocycles. The van der Waals surface area contributed by atoms with Crippen molar-refractivity contribution in [1.82, 2.24) is 58.1 Å². The summed E-state index contributed by atoms with van der Waals surface area (Å²) in [6.07, 6.45) is 2.27. The molecular weight excluding hydrogens is 1360 g/mol. The van der Waals surface area contributed by atoms with Crippen molar-refractivity contribution in [1.29, 1.82) is 0 Å². The van der Waals surface area contributed by atoms with Crippen LogP contribution in [-0.2, 0) is 70.4 Å². The van der Waals surface area contributed by atoms with Gasteiger partial charge in [-0.15, -0.1) is 0 Å². The number of carbonyl (C=O) groups excluding carboxylic acids is 12. The van der Waals surface area contributed by atoms with E-state index in [1.165, 1.54) is 17.0 Å². The maximum atomic E-state index is 14.9. The number of rotatable bonds is 48. The van der Waals surface area contributed by atoms with Crippen LogP contribution in [0.3, 0.4) is 0 Å². The molecule has 1 heterocycles. The predicted octanol–water partition coefficient (Wildman–Crippen LogP) is -4.48. The van der Waals surface area contributed by atoms with Crippen molar-refractivity contribution in [2.75, 3.05) is 45.8 Å². The number of benzene rings is 2. The van der Waals surface area contributed by atoms with Crippen LogP contribution in [-0.4, -0.2) is 205 Å². The molecule has 29 N–H and O–H groups in total. The minimum absolute atomic E-state index is 0.00815. The van der Waals surface area contributed by atoms with E-state index in [1.807, 2.05) is 13.8 Å². The van der Waals surface area contributed by atoms with Crippen LogP contribution in [0.5, 0.6) is 5.75 Å². The largest absolute Gasteiger partial charge is 0.508 e. The zero-order valence-electron chi connectivity index (χ0n) is 61.3. The molecule has 1 aliphatic rings. The number of nitrogens with one attached hydrogen (secondary N) is 10. The Hall–Kier alpha value is -10.4. The molecule has 11 atom stereocenters. The van der Waals surface area contributed by atoms with Gasteiger partial charge in [0.15, 0.2) is 17.9 Å². The molecule has 1 fully saturated rings. The average molecular weight is 1470 g/mol. The second-order valence-corrected chi connectivity index (χ2v) is 27.0. The minimum atomic E-state index is -1.46. The molecule has 12 amide bonds. The van der Waals surface area contributed by atoms with Gasteiger partial charge in [0.05, 0.1) is 19.1 Å². The molecule has 0 aliphatic carbocycles. The van der Waals surface area contributed by atoms with E-state index in [9.17, 15) is 62.6 Å². The minimum Gasteiger partial charge on any atom is -0.508 e. The molecule has 105 heavy (non-hydrogen) atoms. The van der Waals surface area contributed by atoms with Crippen LogP contribution in [0, 0.1) is 17.8 Å². The molecule has 0 aromatic heterocycles. The first-order valence-electron chi connectivity index (χ1n) is 35.7. The summed E-state index contributed by atoms with van der Waals surface area (Å²) in [5.74, 6) is -10.7. The Morgan fingerprint density at radius 1 is 0.495 bits per heavy atom. The fourth-order valence-electron chi connectivity index (χ4n) is 11.4. The van der Waals surface area contributed by atoms with Crippen LogP contribution in [0.1, 0.15) is 143 Å². The first-order valence-corrected chi connectivity index (χ1v) is 35.7. The second kappa shape index (κ2) is 47.1. The van der Waals surface area contributed by atoms with Gasteiger partial charge in [-0.25, -0.2) is 0 Å². The lowest BCUT2D eigenvalue weighted by molar-refractivity contribution is -0.143. The first-order chi connectivity index (χ1) is 49.7. The van der Waals surface area contributed by atoms with Crippen molar-refractivity contribution in [2.24, 2.45) is 84.3 Å². The monoisotopic (exact) mass is 1470 g/mol. The Bertz CT molecular complexity index is 3250. The number of aliphatic imine (C=N–C) groups is 3. The van der Waals surface area contributed by atoms with Gasteiger partial charge in [-0.1, -0.05) is 90.4 Å². The topological polar surface area (TPSA) is 620 Å². The maximum absolute atomic E-state index is 14.9. The van der Waals surface area contributed by atoms with E-state index in [-0.39, 0.29) is 139 Å². The predicted molar refractivity (Wildman–Crippen MR) is 396 cm³/mol. The summed E-state index contributed by atoms with van der Waals surface area (Å²) in [6, 6.07) is 2.08. The average Bonchev–Trinajstić information content (AvgIpc) is 1.74. The number of guanidine groups is 3. The molecule has 0 radical (unpaired) electrons. The van der Waals surface area contributed by atoms with Crippen molar-refractivity contribution in [3.05, 3.63) is 65.7 Å². The molecule has 2 aromatic rings. The lowest BCUT2D eigenvalue weighted by Crippen LogP contribution is -2.61. The summed E-state index contributed by atoms with van der Waals surface area (Å²) >= 11 is 0. The lowest BCUT2D eigenvalue weighted by Gasteiger charge is -2.32. The fraction of sp³-hybridized carbons (Fsp3) is 0.609. The van der Waals surface area contributed by atoms with Crippen molar-refractivity contribution in [3.8, 4) is 5.75 Å². The van der Waals surface area contributed by atoms with E-state index in [0.29, 0.717) is 43.4 Å². The maximum Gasteiger partial charge on any atom is 0.245 e. The smallest absolute Gasteiger partial charge is 0.245 e. The van der Waals surface area contributed by atoms with Gasteiger partial charge in [-0.05, 0) is 137 Å². The molecule has 0 saturated carbocycles. The number of aromatic hydroxyl groups is 1. The van der Waals surface area contributed by atoms with Gasteiger partial charge in [-0.2, -0.15) is 0 Å². The molecule has 1 saturated heterocycles. The van der Waals surface area contributed by atoms with E-state index in [1.54, 1.807) is 70.2 Å². The van der Waals surface area contributed by atoms with Gasteiger partial charge in [-0.3, -0.25) is 72.5 Å². The van der Waals surface area contributed by atoms with Crippen LogP contribution in [0.4, 0.5) is 0 Å². The highest BCUT2D eigenvalue weighted by atomic mass is 16.3. The summed E-state index contributed by atoms with van der Waals surface area (Å²) in [4.78, 5) is 181. The molecule has 584 valence electrons. The lowest BCUT2D eigenvalue weighted by atomic mass is 9.96. The molecule has 3 rings (SSSR count). The summed E-state index contributed by atoms with van der Waals surface area (Å²) in [6.45, 7) is 9.98. The Kier molecular flexibility index (Phi) is 39.8. The van der Waals surface area contributed by atoms with Crippen LogP contribution in [0.25, 0.3) is 0 Å². The summed E-state index contributed by atoms with van der Waals surface area (Å²) < 4.78 is 0. The van der Waals surface area contributed by atoms with E-state index in [0.717, 1.165) is 0 Å². The number of phenolic OH excluding ortho intramolecular Hbond substituents is 1. The molecule has 0 unspecified atom stereocenters. The third kappa shape index (κ3) is 34.2. The van der Waals surface area contributed by atoms with Gasteiger partial charge >= 0.3 is 0 Å². The highest BCUT2D eigenvalue weighted by molar-refractivity contribution is 5.99. The number of phenols is 1. The number of amides is 12. The summed E-state index contributed by atoms with van der Waals surface area (Å²) in [7, 11) is 0. The third-order valence-electron chi connectivity index (χ3n) is 17.2. The Morgan fingerprint density at radius 2 is 0.952 bits per heavy atom. The van der Waals surface area contributed by atoms with Crippen LogP contribution in [0.15, 0.2) is 69.6 Å². The highest BCUT2D eigenvalue weighted by Crippen LogP contribution is 2.22. The van der Waals surface area contributed by atoms with Gasteiger partial charge in [0.25, 0.3) is 0 Å². The molecule has 1 aliphatic heterocycles. The van der Waals surface area contributed by atoms with E-state index in [2.05, 4.69) is 68.1 Å². The van der Waals surface area contributed by atoms with Crippen molar-refractivity contribution >= 4 is 88.8 Å². The fourth-order valence-corrected chi connectivity index (χ4v) is 11.4. The summed E-state index contributed by atoms with van der Waals surface area (Å²) in [5, 5.41) is 36.3. The third-order valence-corrected chi connectivity index (χ3v) is 17.2. The molecule has 36 heteroatoms. The molecule has 36 nitrogen and oxygen atoms in total. The van der Waals surface area contributed by atoms with E-state index >= 15 is 0 Å². The number of carbonyl (C=O) groups is 12. The van der Waals surface area contributed by atoms with Gasteiger partial charge in [0, 0.05) is 32.6 Å². The standard InChI is InChI=1S/C69H115N23O13/c1-7-41(6)56(65(104)88-49(22-15-31-81-69(77)78)66(105)92-32-16-23-53(92)64(103)87-46(19-11-12-28-70)60(99)89-50(57(72)96)33-39(2)3)91-61(100)48(21-14-30-80-68(75)76)85-59(98)47(20-13-29-79-67(73)74)86-62(101)51(34-40(4)5)90-63(102)52(36-42-17-9-8-10-18-42)84-55(95)38-82-54(94)37-83-58(97)45(71)35-43-24-26-44(93)27-25-43/h8-10,17-18,24-27,39-41,45-53,56,93H,7,11-16,19-23,28-38,70-71H2,1-6H3,(H2,72,96)(H,82,94)(H,83,97)(H,84,95)(H,85,98)(H,86,101)(H,87,103)(H,88,104)(H,89,99)(H,90,102)(H,91,100)(H4,73,74,79)(H4,75,76,80)(H4,77,78,81)/t41-,45+,46-,47+,48+,49+,50-,51+,52+,53-,56-/m0/s1. The zero-order valence-corrected chi connectivity index (χ0v) is 61.3. The second-order valence-electron chi connectivity index (χ2n) is 27.0. The van der Waals surface area contributed by atoms with E-state index < -0.39 is 150 Å². The van der Waals surface area contributed by atoms with Crippen LogP contribution >= 0.6 is 0 Å². The Morgan fingerprint density at radius 3 is 1.48 bits per heavy atom. The zero-order chi connectivity index (χ0) is 78.3. The Labute approximate surface area is 613 Å². The number of primary amides is 1. The van der Waals surface area contributed by atoms with E-state index in [4.69, 9.17) is 51.6 Å². The van der Waals surface area contributed by atoms with Gasteiger partial charge in [0.2, 0.25) is 70.9 Å². The molecular formula is C69H115N23O13. The quantitative estimate of drug-likeness (QED) is 0.0169. The van der Waals surface area contributed by atoms with Crippen molar-refractivity contribution in [2.45, 2.75) is 205 Å². The first kappa shape index (κ1) is 88.8. The molecule has 0 bridgehead atoms. The van der Waals surface area contributed by atoms with Crippen molar-refractivity contribution < 1.29 is 62.6 Å². The number of nitrogens with two attached hydrogens (primary N) is 9. The van der Waals surface area contributed by atoms with Crippen LogP contribution < -0.4 is 105 Å². The number of likely N-dealkylation sites (tertiary alicyclic amines) is 1. The molecule has 0 spiro atoms. The number of hydrogen-bond acceptors (Lipinski definition) is 18. The van der Waals surface area contributed by atoms with Gasteiger partial charge in [0.1, 0.15) is 60.1 Å². The normalized spacial score (nSPS) is 15.4. The SMILES string of the molecule is CC[C@H](C)[C@H](NC(=O)[C@@H](CCCN=C(N)N)NC(=O)[C@@H](CCCN=C(N)N)NC(=O)[C@@H](CC(C)C)NC(=O)[C@@H](Cc1ccccc1)NC(=O)CNC(=O)CNC(=O)[C@H](N)Cc1ccc(O)cc1)C(=O)N[C@H](CCCN=C(N)N)C(=O)N1CCC[C@H]1C(=O)N[C@@H](CCCCN)C(=O)N[C@@H](CC(C)C)C(N)=O. The Balaban J connectivity index is 1.95. The highest BCUT2D eigenvalue weighted by Gasteiger charge is 2.41. The van der Waals surface area contributed by atoms with Crippen LogP contribution in [0.2, 0.25) is 0 Å². The number of unbranched alkanes of at least 4 members (excludes halogenated alkanes) is 1.